The number of benzene rings is 1. The van der Waals surface area contributed by atoms with Gasteiger partial charge in [-0.2, -0.15) is 0 Å². The highest BCUT2D eigenvalue weighted by atomic mass is 16.5. The predicted octanol–water partition coefficient (Wildman–Crippen LogP) is 2.18. The molecule has 3 nitrogen and oxygen atoms in total. The van der Waals surface area contributed by atoms with Gasteiger partial charge in [0, 0.05) is 6.04 Å². The summed E-state index contributed by atoms with van der Waals surface area (Å²) in [6.07, 6.45) is 2.01. The van der Waals surface area contributed by atoms with Crippen molar-refractivity contribution in [2.24, 2.45) is 5.73 Å². The molecular formula is C15H26N2O. The average Bonchev–Trinajstić information content (AvgIpc) is 2.30. The van der Waals surface area contributed by atoms with Gasteiger partial charge in [0.1, 0.15) is 5.75 Å². The summed E-state index contributed by atoms with van der Waals surface area (Å²) in [5.74, 6) is 1.00. The third-order valence-corrected chi connectivity index (χ3v) is 3.12. The largest absolute Gasteiger partial charge is 0.496 e. The molecule has 1 atom stereocenters. The molecule has 0 spiro atoms. The molecule has 1 rings (SSSR count). The van der Waals surface area contributed by atoms with Crippen LogP contribution >= 0.6 is 0 Å². The molecule has 1 aromatic carbocycles. The molecule has 0 radical (unpaired) electrons. The molecule has 18 heavy (non-hydrogen) atoms. The summed E-state index contributed by atoms with van der Waals surface area (Å²) in [5, 5.41) is 3.42. The minimum absolute atomic E-state index is 0.271. The van der Waals surface area contributed by atoms with E-state index in [1.54, 1.807) is 7.11 Å². The molecule has 0 aliphatic rings. The van der Waals surface area contributed by atoms with Gasteiger partial charge in [0.2, 0.25) is 0 Å². The summed E-state index contributed by atoms with van der Waals surface area (Å²) < 4.78 is 5.45. The molecule has 0 fully saturated rings. The summed E-state index contributed by atoms with van der Waals surface area (Å²) in [7, 11) is 1.74. The van der Waals surface area contributed by atoms with E-state index in [-0.39, 0.29) is 6.04 Å². The highest BCUT2D eigenvalue weighted by Crippen LogP contribution is 2.24. The molecule has 0 amide bonds. The first-order valence-corrected chi connectivity index (χ1v) is 6.65. The van der Waals surface area contributed by atoms with Crippen LogP contribution in [0.15, 0.2) is 12.1 Å². The fraction of sp³-hybridized carbons (Fsp3) is 0.600. The molecule has 1 aromatic rings. The molecule has 102 valence electrons. The topological polar surface area (TPSA) is 47.3 Å². The number of rotatable bonds is 7. The van der Waals surface area contributed by atoms with Crippen molar-refractivity contribution in [3.63, 3.8) is 0 Å². The second-order valence-corrected chi connectivity index (χ2v) is 5.03. The van der Waals surface area contributed by atoms with Crippen LogP contribution in [-0.4, -0.2) is 26.2 Å². The summed E-state index contributed by atoms with van der Waals surface area (Å²) in [6, 6.07) is 4.58. The number of aryl methyl sites for hydroxylation is 2. The summed E-state index contributed by atoms with van der Waals surface area (Å²) in [6.45, 7) is 8.22. The van der Waals surface area contributed by atoms with Gasteiger partial charge in [0.25, 0.3) is 0 Å². The van der Waals surface area contributed by atoms with Gasteiger partial charge < -0.3 is 15.8 Å². The Morgan fingerprint density at radius 3 is 2.61 bits per heavy atom. The van der Waals surface area contributed by atoms with Gasteiger partial charge in [-0.25, -0.2) is 0 Å². The van der Waals surface area contributed by atoms with E-state index in [1.807, 2.05) is 6.92 Å². The Hall–Kier alpha value is -1.06. The van der Waals surface area contributed by atoms with Crippen molar-refractivity contribution in [1.29, 1.82) is 0 Å². The van der Waals surface area contributed by atoms with Gasteiger partial charge in [-0.1, -0.05) is 6.07 Å². The monoisotopic (exact) mass is 250 g/mol. The van der Waals surface area contributed by atoms with Gasteiger partial charge in [-0.3, -0.25) is 0 Å². The van der Waals surface area contributed by atoms with Crippen LogP contribution in [0.2, 0.25) is 0 Å². The number of hydrogen-bond acceptors (Lipinski definition) is 3. The lowest BCUT2D eigenvalue weighted by Gasteiger charge is -2.13. The van der Waals surface area contributed by atoms with Crippen molar-refractivity contribution in [1.82, 2.24) is 5.32 Å². The van der Waals surface area contributed by atoms with E-state index >= 15 is 0 Å². The van der Waals surface area contributed by atoms with Crippen LogP contribution in [-0.2, 0) is 6.42 Å². The average molecular weight is 250 g/mol. The summed E-state index contributed by atoms with van der Waals surface area (Å²) >= 11 is 0. The van der Waals surface area contributed by atoms with Crippen LogP contribution in [0.4, 0.5) is 0 Å². The van der Waals surface area contributed by atoms with E-state index in [0.29, 0.717) is 0 Å². The van der Waals surface area contributed by atoms with Crippen molar-refractivity contribution in [3.8, 4) is 5.75 Å². The highest BCUT2D eigenvalue weighted by Gasteiger charge is 2.07. The lowest BCUT2D eigenvalue weighted by atomic mass is 10.0. The number of nitrogens with two attached hydrogens (primary N) is 1. The molecule has 3 heteroatoms. The molecule has 3 N–H and O–H groups in total. The van der Waals surface area contributed by atoms with Crippen LogP contribution in [0.1, 0.15) is 30.0 Å². The van der Waals surface area contributed by atoms with E-state index in [2.05, 4.69) is 31.3 Å². The van der Waals surface area contributed by atoms with Gasteiger partial charge in [-0.05, 0) is 69.5 Å². The molecule has 0 bridgehead atoms. The first-order valence-electron chi connectivity index (χ1n) is 6.65. The molecule has 0 aliphatic heterocycles. The molecule has 0 heterocycles. The number of methoxy groups -OCH3 is 1. The standard InChI is InChI=1S/C15H26N2O/c1-11-9-12(2)14(15(10-11)18-4)6-8-17-7-5-13(3)16/h9-10,13,17H,5-8,16H2,1-4H3. The van der Waals surface area contributed by atoms with Crippen molar-refractivity contribution in [3.05, 3.63) is 28.8 Å². The number of nitrogens with one attached hydrogen (secondary N) is 1. The van der Waals surface area contributed by atoms with Crippen LogP contribution in [0.3, 0.4) is 0 Å². The quantitative estimate of drug-likeness (QED) is 0.729. The fourth-order valence-corrected chi connectivity index (χ4v) is 2.13. The smallest absolute Gasteiger partial charge is 0.122 e. The van der Waals surface area contributed by atoms with Crippen LogP contribution in [0.25, 0.3) is 0 Å². The number of ether oxygens (including phenoxy) is 1. The Kier molecular flexibility index (Phi) is 6.16. The molecule has 0 saturated carbocycles. The number of hydrogen-bond donors (Lipinski definition) is 2. The SMILES string of the molecule is COc1cc(C)cc(C)c1CCNCCC(C)N. The zero-order chi connectivity index (χ0) is 13.5. The van der Waals surface area contributed by atoms with Crippen molar-refractivity contribution >= 4 is 0 Å². The maximum atomic E-state index is 5.71. The second kappa shape index (κ2) is 7.39. The van der Waals surface area contributed by atoms with Gasteiger partial charge >= 0.3 is 0 Å². The van der Waals surface area contributed by atoms with Crippen LogP contribution in [0.5, 0.6) is 5.75 Å². The van der Waals surface area contributed by atoms with E-state index in [9.17, 15) is 0 Å². The molecular weight excluding hydrogens is 224 g/mol. The molecule has 0 saturated heterocycles. The maximum absolute atomic E-state index is 5.71. The Balaban J connectivity index is 2.51. The van der Waals surface area contributed by atoms with Gasteiger partial charge in [0.15, 0.2) is 0 Å². The van der Waals surface area contributed by atoms with E-state index in [1.165, 1.54) is 16.7 Å². The zero-order valence-electron chi connectivity index (χ0n) is 12.0. The highest BCUT2D eigenvalue weighted by molar-refractivity contribution is 5.43. The maximum Gasteiger partial charge on any atom is 0.122 e. The molecule has 0 aromatic heterocycles. The minimum Gasteiger partial charge on any atom is -0.496 e. The lowest BCUT2D eigenvalue weighted by molar-refractivity contribution is 0.408. The summed E-state index contributed by atoms with van der Waals surface area (Å²) in [5.41, 5.74) is 9.57. The third-order valence-electron chi connectivity index (χ3n) is 3.12. The third kappa shape index (κ3) is 4.67. The van der Waals surface area contributed by atoms with Crippen LogP contribution in [0, 0.1) is 13.8 Å². The molecule has 1 unspecified atom stereocenters. The predicted molar refractivity (Wildman–Crippen MR) is 77.3 cm³/mol. The van der Waals surface area contributed by atoms with E-state index in [4.69, 9.17) is 10.5 Å². The van der Waals surface area contributed by atoms with Gasteiger partial charge in [0.05, 0.1) is 7.11 Å². The second-order valence-electron chi connectivity index (χ2n) is 5.03. The zero-order valence-corrected chi connectivity index (χ0v) is 12.0. The van der Waals surface area contributed by atoms with Gasteiger partial charge in [-0.15, -0.1) is 0 Å². The van der Waals surface area contributed by atoms with Crippen LogP contribution < -0.4 is 15.8 Å². The summed E-state index contributed by atoms with van der Waals surface area (Å²) in [4.78, 5) is 0. The van der Waals surface area contributed by atoms with Crippen molar-refractivity contribution < 1.29 is 4.74 Å². The Labute approximate surface area is 111 Å². The normalized spacial score (nSPS) is 12.5. The first-order chi connectivity index (χ1) is 8.54. The Morgan fingerprint density at radius 1 is 1.28 bits per heavy atom. The van der Waals surface area contributed by atoms with Crippen molar-refractivity contribution in [2.75, 3.05) is 20.2 Å². The molecule has 0 aliphatic carbocycles. The van der Waals surface area contributed by atoms with Crippen molar-refractivity contribution in [2.45, 2.75) is 39.7 Å². The van der Waals surface area contributed by atoms with E-state index < -0.39 is 0 Å². The first kappa shape index (κ1) is 15.0. The lowest BCUT2D eigenvalue weighted by Crippen LogP contribution is -2.25. The van der Waals surface area contributed by atoms with E-state index in [0.717, 1.165) is 31.7 Å². The minimum atomic E-state index is 0.271. The Bertz CT molecular complexity index is 375. The Morgan fingerprint density at radius 2 is 2.00 bits per heavy atom. The fourth-order valence-electron chi connectivity index (χ4n) is 2.13.